The number of hydrogen-bond donors (Lipinski definition) is 0. The smallest absolute Gasteiger partial charge is 0.377 e. The van der Waals surface area contributed by atoms with E-state index in [1.54, 1.807) is 4.90 Å². The summed E-state index contributed by atoms with van der Waals surface area (Å²) in [6.45, 7) is 3.04. The number of morpholine rings is 1. The predicted molar refractivity (Wildman–Crippen MR) is 84.7 cm³/mol. The van der Waals surface area contributed by atoms with E-state index in [2.05, 4.69) is 9.17 Å². The van der Waals surface area contributed by atoms with Crippen molar-refractivity contribution >= 4 is 21.6 Å². The molecule has 26 heavy (non-hydrogen) atoms. The number of hydrogen-bond acceptors (Lipinski definition) is 7. The van der Waals surface area contributed by atoms with Gasteiger partial charge in [-0.15, -0.1) is 0 Å². The number of anilines is 1. The fourth-order valence-corrected chi connectivity index (χ4v) is 2.99. The van der Waals surface area contributed by atoms with Gasteiger partial charge in [-0.2, -0.15) is 21.6 Å². The number of rotatable bonds is 3. The lowest BCUT2D eigenvalue weighted by Crippen LogP contribution is -2.44. The van der Waals surface area contributed by atoms with Crippen molar-refractivity contribution in [3.8, 4) is 5.75 Å². The molecule has 0 aromatic carbocycles. The highest BCUT2D eigenvalue weighted by molar-refractivity contribution is 7.88. The van der Waals surface area contributed by atoms with E-state index in [1.807, 2.05) is 6.92 Å². The van der Waals surface area contributed by atoms with Gasteiger partial charge in [0.25, 0.3) is 5.56 Å². The Morgan fingerprint density at radius 1 is 1.38 bits per heavy atom. The highest BCUT2D eigenvalue weighted by atomic mass is 32.2. The normalized spacial score (nSPS) is 18.9. The van der Waals surface area contributed by atoms with Crippen molar-refractivity contribution in [1.82, 2.24) is 9.38 Å². The van der Waals surface area contributed by atoms with Gasteiger partial charge in [0.15, 0.2) is 11.4 Å². The topological polar surface area (TPSA) is 90.2 Å². The van der Waals surface area contributed by atoms with Gasteiger partial charge in [0.2, 0.25) is 0 Å². The summed E-state index contributed by atoms with van der Waals surface area (Å²) in [7, 11) is -5.89. The van der Waals surface area contributed by atoms with Gasteiger partial charge in [-0.3, -0.25) is 9.20 Å². The molecule has 2 aromatic heterocycles. The summed E-state index contributed by atoms with van der Waals surface area (Å²) in [6.07, 6.45) is 1.25. The van der Waals surface area contributed by atoms with Gasteiger partial charge in [-0.05, 0) is 19.1 Å². The van der Waals surface area contributed by atoms with Crippen molar-refractivity contribution in [1.29, 1.82) is 0 Å². The molecule has 2 aromatic rings. The minimum Gasteiger partial charge on any atom is -0.377 e. The molecule has 0 radical (unpaired) electrons. The molecule has 0 amide bonds. The lowest BCUT2D eigenvalue weighted by atomic mass is 10.2. The SMILES string of the molecule is CC1COCCN1c1cc(=O)n2cccc(OS(=O)(=O)C(F)(F)F)c2n1. The molecular weight excluding hydrogens is 379 g/mol. The lowest BCUT2D eigenvalue weighted by Gasteiger charge is -2.34. The van der Waals surface area contributed by atoms with Crippen LogP contribution in [0.15, 0.2) is 29.2 Å². The first kappa shape index (κ1) is 18.5. The minimum atomic E-state index is -5.89. The maximum Gasteiger partial charge on any atom is 0.534 e. The quantitative estimate of drug-likeness (QED) is 0.571. The van der Waals surface area contributed by atoms with Crippen LogP contribution in [-0.2, 0) is 14.9 Å². The van der Waals surface area contributed by atoms with Crippen LogP contribution in [0.3, 0.4) is 0 Å². The van der Waals surface area contributed by atoms with Crippen LogP contribution < -0.4 is 14.6 Å². The second-order valence-electron chi connectivity index (χ2n) is 5.62. The number of alkyl halides is 3. The van der Waals surface area contributed by atoms with E-state index < -0.39 is 26.9 Å². The minimum absolute atomic E-state index is 0.120. The number of fused-ring (bicyclic) bond motifs is 1. The standard InChI is InChI=1S/C14H14F3N3O5S/c1-9-8-24-6-5-19(9)11-7-12(21)20-4-2-3-10(13(20)18-11)25-26(22,23)14(15,16)17/h2-4,7,9H,5-6,8H2,1H3. The summed E-state index contributed by atoms with van der Waals surface area (Å²) in [5, 5.41) is 0. The van der Waals surface area contributed by atoms with Gasteiger partial charge in [0.05, 0.1) is 19.3 Å². The van der Waals surface area contributed by atoms with Crippen LogP contribution in [0.2, 0.25) is 0 Å². The van der Waals surface area contributed by atoms with Gasteiger partial charge in [-0.25, -0.2) is 4.98 Å². The molecule has 1 aliphatic rings. The molecule has 3 rings (SSSR count). The van der Waals surface area contributed by atoms with Crippen molar-refractivity contribution in [3.05, 3.63) is 34.7 Å². The molecule has 0 spiro atoms. The van der Waals surface area contributed by atoms with Crippen molar-refractivity contribution < 1.29 is 30.5 Å². The maximum atomic E-state index is 12.6. The van der Waals surface area contributed by atoms with Crippen molar-refractivity contribution in [2.75, 3.05) is 24.7 Å². The molecule has 3 heterocycles. The fraction of sp³-hybridized carbons (Fsp3) is 0.429. The zero-order valence-electron chi connectivity index (χ0n) is 13.4. The van der Waals surface area contributed by atoms with Crippen LogP contribution in [0.25, 0.3) is 5.65 Å². The van der Waals surface area contributed by atoms with E-state index in [0.717, 1.165) is 10.5 Å². The van der Waals surface area contributed by atoms with Crippen LogP contribution in [0.1, 0.15) is 6.92 Å². The van der Waals surface area contributed by atoms with Gasteiger partial charge in [0.1, 0.15) is 5.82 Å². The van der Waals surface area contributed by atoms with E-state index in [9.17, 15) is 26.4 Å². The number of ether oxygens (including phenoxy) is 1. The van der Waals surface area contributed by atoms with Crippen LogP contribution >= 0.6 is 0 Å². The largest absolute Gasteiger partial charge is 0.534 e. The first-order valence-corrected chi connectivity index (χ1v) is 8.88. The van der Waals surface area contributed by atoms with Gasteiger partial charge in [-0.1, -0.05) is 0 Å². The third kappa shape index (κ3) is 3.33. The van der Waals surface area contributed by atoms with E-state index in [-0.39, 0.29) is 17.5 Å². The van der Waals surface area contributed by atoms with Crippen LogP contribution in [0, 0.1) is 0 Å². The van der Waals surface area contributed by atoms with Gasteiger partial charge < -0.3 is 13.8 Å². The molecule has 1 aliphatic heterocycles. The number of aromatic nitrogens is 2. The molecule has 1 atom stereocenters. The summed E-state index contributed by atoms with van der Waals surface area (Å²) in [5.74, 6) is -0.490. The molecule has 12 heteroatoms. The van der Waals surface area contributed by atoms with E-state index in [0.29, 0.717) is 19.8 Å². The summed E-state index contributed by atoms with van der Waals surface area (Å²) in [4.78, 5) is 18.2. The highest BCUT2D eigenvalue weighted by Gasteiger charge is 2.48. The number of nitrogens with zero attached hydrogens (tertiary/aromatic N) is 3. The van der Waals surface area contributed by atoms with Crippen molar-refractivity contribution in [3.63, 3.8) is 0 Å². The Labute approximate surface area is 145 Å². The summed E-state index contributed by atoms with van der Waals surface area (Å²) >= 11 is 0. The summed E-state index contributed by atoms with van der Waals surface area (Å²) in [5.41, 5.74) is -6.52. The molecule has 142 valence electrons. The van der Waals surface area contributed by atoms with Crippen LogP contribution in [-0.4, -0.2) is 49.1 Å². The third-order valence-corrected chi connectivity index (χ3v) is 4.75. The molecule has 0 saturated carbocycles. The Morgan fingerprint density at radius 2 is 2.12 bits per heavy atom. The van der Waals surface area contributed by atoms with Gasteiger partial charge >= 0.3 is 15.6 Å². The third-order valence-electron chi connectivity index (χ3n) is 3.79. The Morgan fingerprint density at radius 3 is 2.77 bits per heavy atom. The van der Waals surface area contributed by atoms with Crippen molar-refractivity contribution in [2.24, 2.45) is 0 Å². The monoisotopic (exact) mass is 393 g/mol. The molecule has 0 bridgehead atoms. The Hall–Kier alpha value is -2.34. The summed E-state index contributed by atoms with van der Waals surface area (Å²) < 4.78 is 70.8. The zero-order chi connectivity index (χ0) is 19.1. The molecule has 0 N–H and O–H groups in total. The van der Waals surface area contributed by atoms with Crippen LogP contribution in [0.5, 0.6) is 5.75 Å². The Kier molecular flexibility index (Phi) is 4.56. The predicted octanol–water partition coefficient (Wildman–Crippen LogP) is 1.15. The fourth-order valence-electron chi connectivity index (χ4n) is 2.53. The lowest BCUT2D eigenvalue weighted by molar-refractivity contribution is -0.0499. The van der Waals surface area contributed by atoms with Gasteiger partial charge in [0, 0.05) is 18.8 Å². The molecular formula is C14H14F3N3O5S. The van der Waals surface area contributed by atoms with Crippen molar-refractivity contribution in [2.45, 2.75) is 18.5 Å². The second-order valence-corrected chi connectivity index (χ2v) is 7.16. The van der Waals surface area contributed by atoms with E-state index in [4.69, 9.17) is 4.74 Å². The molecule has 0 aliphatic carbocycles. The highest BCUT2D eigenvalue weighted by Crippen LogP contribution is 2.29. The average Bonchev–Trinajstić information content (AvgIpc) is 2.54. The number of halogens is 3. The average molecular weight is 393 g/mol. The molecule has 8 nitrogen and oxygen atoms in total. The Bertz CT molecular complexity index is 989. The second kappa shape index (κ2) is 6.43. The molecule has 1 unspecified atom stereocenters. The number of pyridine rings is 1. The molecule has 1 saturated heterocycles. The van der Waals surface area contributed by atoms with Crippen LogP contribution in [0.4, 0.5) is 19.0 Å². The zero-order valence-corrected chi connectivity index (χ0v) is 14.2. The van der Waals surface area contributed by atoms with E-state index in [1.165, 1.54) is 18.3 Å². The van der Waals surface area contributed by atoms with E-state index >= 15 is 0 Å². The molecule has 1 fully saturated rings. The first-order valence-electron chi connectivity index (χ1n) is 7.48. The summed E-state index contributed by atoms with van der Waals surface area (Å²) in [6, 6.07) is 3.29. The maximum absolute atomic E-state index is 12.6. The first-order chi connectivity index (χ1) is 12.1. The Balaban J connectivity index is 2.12.